The molecule has 3 aromatic rings. The van der Waals surface area contributed by atoms with Crippen molar-refractivity contribution in [3.8, 4) is 11.4 Å². The summed E-state index contributed by atoms with van der Waals surface area (Å²) in [5.74, 6) is 0.109. The predicted octanol–water partition coefficient (Wildman–Crippen LogP) is -5.68. The van der Waals surface area contributed by atoms with E-state index in [1.165, 1.54) is 6.07 Å². The number of aliphatic hydroxyl groups is 3. The van der Waals surface area contributed by atoms with Gasteiger partial charge in [-0.1, -0.05) is 29.8 Å². The predicted molar refractivity (Wildman–Crippen MR) is 109 cm³/mol. The number of rotatable bonds is 6. The molecule has 0 aliphatic carbocycles. The summed E-state index contributed by atoms with van der Waals surface area (Å²) in [6, 6.07) is 14.6. The largest absolute Gasteiger partial charge is 1.00 e. The van der Waals surface area contributed by atoms with Gasteiger partial charge >= 0.3 is 59.1 Å². The Morgan fingerprint density at radius 3 is 2.41 bits per heavy atom. The number of aromatic nitrogens is 1. The number of phosphoric ester groups is 1. The number of ether oxygens (including phenoxy) is 2. The second kappa shape index (κ2) is 12.5. The molecule has 1 fully saturated rings. The Morgan fingerprint density at radius 1 is 1.03 bits per heavy atom. The van der Waals surface area contributed by atoms with Crippen molar-refractivity contribution in [1.29, 1.82) is 0 Å². The van der Waals surface area contributed by atoms with E-state index in [1.807, 2.05) is 41.1 Å². The fourth-order valence-corrected chi connectivity index (χ4v) is 4.03. The van der Waals surface area contributed by atoms with E-state index in [2.05, 4.69) is 4.52 Å². The summed E-state index contributed by atoms with van der Waals surface area (Å²) >= 11 is 6.36. The summed E-state index contributed by atoms with van der Waals surface area (Å²) in [5.41, 5.74) is 1.72. The van der Waals surface area contributed by atoms with E-state index in [-0.39, 0.29) is 69.9 Å². The Balaban J connectivity index is 0.00000204. The molecule has 34 heavy (non-hydrogen) atoms. The van der Waals surface area contributed by atoms with Crippen LogP contribution in [0.4, 0.5) is 0 Å². The molecular weight excluding hydrogens is 511 g/mol. The van der Waals surface area contributed by atoms with Crippen LogP contribution in [0.5, 0.6) is 5.75 Å². The fraction of sp³-hybridized carbons (Fsp3) is 0.300. The quantitative estimate of drug-likeness (QED) is 0.209. The third-order valence-corrected chi connectivity index (χ3v) is 5.86. The smallest absolute Gasteiger partial charge is 0.790 e. The Kier molecular flexibility index (Phi) is 11.1. The monoisotopic (exact) mass is 529 g/mol. The molecule has 14 heteroatoms. The van der Waals surface area contributed by atoms with Crippen LogP contribution in [0.1, 0.15) is 0 Å². The summed E-state index contributed by atoms with van der Waals surface area (Å²) in [5, 5.41) is 31.5. The average molecular weight is 530 g/mol. The van der Waals surface area contributed by atoms with Crippen LogP contribution < -0.4 is 73.6 Å². The maximum absolute atomic E-state index is 10.7. The third-order valence-electron chi connectivity index (χ3n) is 5.10. The van der Waals surface area contributed by atoms with Crippen molar-refractivity contribution in [3.05, 3.63) is 59.8 Å². The number of hydrogen-bond donors (Lipinski definition) is 3. The molecule has 1 aliphatic heterocycles. The molecule has 0 saturated carbocycles. The first-order chi connectivity index (χ1) is 15.1. The van der Waals surface area contributed by atoms with E-state index < -0.39 is 45.1 Å². The van der Waals surface area contributed by atoms with Crippen LogP contribution in [0.3, 0.4) is 0 Å². The van der Waals surface area contributed by atoms with Gasteiger partial charge in [-0.3, -0.25) is 0 Å². The number of benzene rings is 2. The zero-order valence-corrected chi connectivity index (χ0v) is 24.0. The molecular formula is C20H19ClNNa2O9P. The van der Waals surface area contributed by atoms with Crippen molar-refractivity contribution in [1.82, 2.24) is 4.57 Å². The second-order valence-corrected chi connectivity index (χ2v) is 8.79. The Hall–Kier alpha value is 0.0200. The van der Waals surface area contributed by atoms with Gasteiger partial charge in [-0.05, 0) is 35.7 Å². The van der Waals surface area contributed by atoms with Crippen LogP contribution in [-0.4, -0.2) is 57.2 Å². The van der Waals surface area contributed by atoms with Gasteiger partial charge in [0.2, 0.25) is 6.29 Å². The van der Waals surface area contributed by atoms with Gasteiger partial charge in [-0.25, -0.2) is 0 Å². The van der Waals surface area contributed by atoms with Crippen molar-refractivity contribution in [3.63, 3.8) is 0 Å². The standard InChI is InChI=1S/C20H21ClNO9P.2Na/c21-13-9-12(22-8-7-11-3-1-2-4-14(11)22)5-6-15(13)30-20-19(25)18(24)17(23)16(31-20)10-29-32(26,27)28;;/h1-9,16-20,23-25H,10H2,(H2,26,27,28);;/q;2*+1/p-2/t16-,17-,18+,19+,20+;;/m1../s1. The van der Waals surface area contributed by atoms with Crippen molar-refractivity contribution < 1.29 is 103 Å². The van der Waals surface area contributed by atoms with E-state index in [9.17, 15) is 29.7 Å². The number of aliphatic hydroxyl groups excluding tert-OH is 3. The minimum absolute atomic E-state index is 0. The molecule has 0 spiro atoms. The molecule has 1 aliphatic rings. The van der Waals surface area contributed by atoms with E-state index >= 15 is 0 Å². The van der Waals surface area contributed by atoms with E-state index in [1.54, 1.807) is 12.1 Å². The van der Waals surface area contributed by atoms with Gasteiger partial charge in [0.15, 0.2) is 0 Å². The first-order valence-electron chi connectivity index (χ1n) is 9.53. The molecule has 0 radical (unpaired) electrons. The van der Waals surface area contributed by atoms with E-state index in [0.29, 0.717) is 0 Å². The second-order valence-electron chi connectivity index (χ2n) is 7.23. The van der Waals surface area contributed by atoms with Crippen molar-refractivity contribution in [2.24, 2.45) is 0 Å². The molecule has 4 rings (SSSR count). The first kappa shape index (κ1) is 30.2. The van der Waals surface area contributed by atoms with Crippen LogP contribution >= 0.6 is 19.4 Å². The van der Waals surface area contributed by atoms with Crippen molar-refractivity contribution >= 4 is 30.3 Å². The molecule has 1 saturated heterocycles. The molecule has 5 atom stereocenters. The maximum atomic E-state index is 10.7. The molecule has 10 nitrogen and oxygen atoms in total. The maximum Gasteiger partial charge on any atom is 1.00 e. The van der Waals surface area contributed by atoms with Gasteiger partial charge in [0.25, 0.3) is 0 Å². The van der Waals surface area contributed by atoms with Gasteiger partial charge < -0.3 is 48.2 Å². The van der Waals surface area contributed by atoms with Crippen molar-refractivity contribution in [2.75, 3.05) is 6.61 Å². The fourth-order valence-electron chi connectivity index (χ4n) is 3.48. The molecule has 2 heterocycles. The molecule has 0 unspecified atom stereocenters. The van der Waals surface area contributed by atoms with Crippen LogP contribution in [-0.2, 0) is 13.8 Å². The van der Waals surface area contributed by atoms with E-state index in [4.69, 9.17) is 21.1 Å². The van der Waals surface area contributed by atoms with E-state index in [0.717, 1.165) is 16.6 Å². The number of halogens is 1. The normalized spacial score (nSPS) is 24.8. The molecule has 2 aromatic carbocycles. The summed E-state index contributed by atoms with van der Waals surface area (Å²) in [7, 11) is -5.33. The van der Waals surface area contributed by atoms with Gasteiger partial charge in [0.05, 0.1) is 25.0 Å². The summed E-state index contributed by atoms with van der Waals surface area (Å²) in [6.45, 7) is -0.859. The van der Waals surface area contributed by atoms with Gasteiger partial charge in [0.1, 0.15) is 30.2 Å². The third kappa shape index (κ3) is 6.86. The molecule has 0 bridgehead atoms. The minimum atomic E-state index is -5.33. The van der Waals surface area contributed by atoms with Crippen LogP contribution in [0.2, 0.25) is 5.02 Å². The SMILES string of the molecule is O=P([O-])([O-])OC[C@H]1O[C@H](Oc2ccc(-n3ccc4ccccc43)cc2Cl)[C@@H](O)[C@@H](O)[C@@H]1O.[Na+].[Na+]. The average Bonchev–Trinajstić information content (AvgIpc) is 3.18. The zero-order valence-electron chi connectivity index (χ0n) is 18.4. The number of nitrogens with zero attached hydrogens (tertiary/aromatic N) is 1. The molecule has 0 amide bonds. The summed E-state index contributed by atoms with van der Waals surface area (Å²) < 4.78 is 27.6. The molecule has 1 aromatic heterocycles. The van der Waals surface area contributed by atoms with Gasteiger partial charge in [0, 0.05) is 11.9 Å². The van der Waals surface area contributed by atoms with Crippen molar-refractivity contribution in [2.45, 2.75) is 30.7 Å². The van der Waals surface area contributed by atoms with Crippen LogP contribution in [0, 0.1) is 0 Å². The number of fused-ring (bicyclic) bond motifs is 1. The Bertz CT molecular complexity index is 1160. The Morgan fingerprint density at radius 2 is 1.74 bits per heavy atom. The zero-order chi connectivity index (χ0) is 23.0. The van der Waals surface area contributed by atoms with Crippen LogP contribution in [0.15, 0.2) is 54.7 Å². The van der Waals surface area contributed by atoms with Crippen LogP contribution in [0.25, 0.3) is 16.6 Å². The first-order valence-corrected chi connectivity index (χ1v) is 11.4. The Labute approximate surface area is 244 Å². The topological polar surface area (TPSA) is 156 Å². The number of para-hydroxylation sites is 1. The van der Waals surface area contributed by atoms with Gasteiger partial charge in [-0.2, -0.15) is 0 Å². The minimum Gasteiger partial charge on any atom is -0.790 e. The summed E-state index contributed by atoms with van der Waals surface area (Å²) in [6.07, 6.45) is -6.22. The van der Waals surface area contributed by atoms with Gasteiger partial charge in [-0.15, -0.1) is 0 Å². The number of hydrogen-bond acceptors (Lipinski definition) is 9. The number of phosphoric acid groups is 1. The molecule has 172 valence electrons. The molecule has 3 N–H and O–H groups in total. The summed E-state index contributed by atoms with van der Waals surface area (Å²) in [4.78, 5) is 21.4.